The molecule has 0 heterocycles. The molecule has 0 aliphatic rings. The summed E-state index contributed by atoms with van der Waals surface area (Å²) in [6, 6.07) is 0. The fourth-order valence-electron chi connectivity index (χ4n) is 1.74. The van der Waals surface area contributed by atoms with Crippen molar-refractivity contribution < 1.29 is 47.6 Å². The monoisotopic (exact) mass is 274 g/mol. The smallest absolute Gasteiger partial charge is 0.748 e. The fraction of sp³-hybridized carbons (Fsp3) is 1.00. The second-order valence-corrected chi connectivity index (χ2v) is 6.04. The predicted molar refractivity (Wildman–Crippen MR) is 63.2 cm³/mol. The summed E-state index contributed by atoms with van der Waals surface area (Å²) in [7, 11) is -4.13. The van der Waals surface area contributed by atoms with E-state index in [0.717, 1.165) is 32.1 Å². The van der Waals surface area contributed by atoms with Crippen LogP contribution >= 0.6 is 0 Å². The van der Waals surface area contributed by atoms with E-state index in [4.69, 9.17) is 5.11 Å². The van der Waals surface area contributed by atoms with Crippen LogP contribution in [-0.2, 0) is 10.1 Å². The number of rotatable bonds is 9. The van der Waals surface area contributed by atoms with E-state index in [1.54, 1.807) is 6.92 Å². The molecule has 4 nitrogen and oxygen atoms in total. The van der Waals surface area contributed by atoms with Gasteiger partial charge in [0.1, 0.15) is 0 Å². The second-order valence-electron chi connectivity index (χ2n) is 4.39. The SMILES string of the molecule is CCCC(CCCCCC(C)O)S(=O)(=O)[O-].[Na+]. The molecule has 6 heteroatoms. The minimum atomic E-state index is -4.13. The van der Waals surface area contributed by atoms with Crippen molar-refractivity contribution >= 4 is 10.1 Å². The zero-order valence-corrected chi connectivity index (χ0v) is 14.0. The molecule has 0 saturated heterocycles. The first kappa shape index (κ1) is 20.2. The Hall–Kier alpha value is 0.870. The van der Waals surface area contributed by atoms with E-state index in [9.17, 15) is 13.0 Å². The van der Waals surface area contributed by atoms with Crippen molar-refractivity contribution in [2.24, 2.45) is 0 Å². The Balaban J connectivity index is 0. The molecule has 0 bridgehead atoms. The van der Waals surface area contributed by atoms with Gasteiger partial charge in [-0.3, -0.25) is 0 Å². The molecule has 2 atom stereocenters. The Morgan fingerprint density at radius 1 is 1.12 bits per heavy atom. The fourth-order valence-corrected chi connectivity index (χ4v) is 2.72. The van der Waals surface area contributed by atoms with Gasteiger partial charge in [-0.2, -0.15) is 0 Å². The zero-order valence-electron chi connectivity index (χ0n) is 11.2. The molecule has 0 spiro atoms. The van der Waals surface area contributed by atoms with Crippen LogP contribution in [0.2, 0.25) is 0 Å². The maximum absolute atomic E-state index is 10.9. The van der Waals surface area contributed by atoms with Gasteiger partial charge in [0.2, 0.25) is 0 Å². The molecule has 98 valence electrons. The first-order chi connectivity index (χ1) is 7.38. The van der Waals surface area contributed by atoms with E-state index >= 15 is 0 Å². The van der Waals surface area contributed by atoms with Gasteiger partial charge in [0.25, 0.3) is 0 Å². The van der Waals surface area contributed by atoms with Crippen LogP contribution in [0.1, 0.15) is 58.8 Å². The molecular weight excluding hydrogens is 251 g/mol. The van der Waals surface area contributed by atoms with E-state index in [1.165, 1.54) is 0 Å². The summed E-state index contributed by atoms with van der Waals surface area (Å²) in [5, 5.41) is 8.31. The van der Waals surface area contributed by atoms with E-state index in [-0.39, 0.29) is 35.7 Å². The molecule has 0 rings (SSSR count). The van der Waals surface area contributed by atoms with Crippen LogP contribution < -0.4 is 29.6 Å². The maximum atomic E-state index is 10.9. The molecule has 0 aromatic rings. The number of hydrogen-bond acceptors (Lipinski definition) is 4. The van der Waals surface area contributed by atoms with Gasteiger partial charge in [0.15, 0.2) is 0 Å². The molecule has 0 aromatic carbocycles. The average Bonchev–Trinajstić information content (AvgIpc) is 2.13. The quantitative estimate of drug-likeness (QED) is 0.333. The molecule has 17 heavy (non-hydrogen) atoms. The maximum Gasteiger partial charge on any atom is 1.00 e. The van der Waals surface area contributed by atoms with Crippen molar-refractivity contribution in [3.05, 3.63) is 0 Å². The Morgan fingerprint density at radius 3 is 2.06 bits per heavy atom. The van der Waals surface area contributed by atoms with Crippen molar-refractivity contribution in [2.75, 3.05) is 0 Å². The minimum Gasteiger partial charge on any atom is -0.748 e. The molecular formula is C11H23NaO4S. The molecule has 0 amide bonds. The summed E-state index contributed by atoms with van der Waals surface area (Å²) in [5.74, 6) is 0. The number of unbranched alkanes of at least 4 members (excludes halogenated alkanes) is 2. The molecule has 1 N–H and O–H groups in total. The van der Waals surface area contributed by atoms with Crippen molar-refractivity contribution in [1.82, 2.24) is 0 Å². The third-order valence-electron chi connectivity index (χ3n) is 2.67. The molecule has 0 radical (unpaired) electrons. The number of hydrogen-bond donors (Lipinski definition) is 1. The largest absolute Gasteiger partial charge is 1.00 e. The summed E-state index contributed by atoms with van der Waals surface area (Å²) in [5.41, 5.74) is 0. The first-order valence-corrected chi connectivity index (χ1v) is 7.47. The molecule has 0 saturated carbocycles. The summed E-state index contributed by atoms with van der Waals surface area (Å²) in [6.45, 7) is 3.62. The van der Waals surface area contributed by atoms with E-state index in [2.05, 4.69) is 0 Å². The van der Waals surface area contributed by atoms with Crippen LogP contribution in [0.25, 0.3) is 0 Å². The third-order valence-corrected chi connectivity index (χ3v) is 3.95. The summed E-state index contributed by atoms with van der Waals surface area (Å²) in [6.07, 6.45) is 4.59. The van der Waals surface area contributed by atoms with Crippen LogP contribution in [0.5, 0.6) is 0 Å². The molecule has 0 fully saturated rings. The summed E-state index contributed by atoms with van der Waals surface area (Å²) in [4.78, 5) is 0. The topological polar surface area (TPSA) is 77.4 Å². The normalized spacial score (nSPS) is 15.1. The van der Waals surface area contributed by atoms with Crippen LogP contribution in [0.4, 0.5) is 0 Å². The van der Waals surface area contributed by atoms with E-state index in [1.807, 2.05) is 6.92 Å². The second kappa shape index (κ2) is 10.8. The average molecular weight is 274 g/mol. The van der Waals surface area contributed by atoms with Crippen LogP contribution in [0.3, 0.4) is 0 Å². The molecule has 2 unspecified atom stereocenters. The van der Waals surface area contributed by atoms with Crippen molar-refractivity contribution in [2.45, 2.75) is 70.1 Å². The van der Waals surface area contributed by atoms with Gasteiger partial charge in [0, 0.05) is 5.25 Å². The standard InChI is InChI=1S/C11H24O4S.Na/c1-3-7-11(16(13,14)15)9-6-4-5-8-10(2)12;/h10-12H,3-9H2,1-2H3,(H,13,14,15);/q;+1/p-1. The molecule has 0 aromatic heterocycles. The van der Waals surface area contributed by atoms with Gasteiger partial charge in [-0.05, 0) is 26.2 Å². The van der Waals surface area contributed by atoms with Gasteiger partial charge in [-0.25, -0.2) is 8.42 Å². The van der Waals surface area contributed by atoms with Gasteiger partial charge in [-0.15, -0.1) is 0 Å². The van der Waals surface area contributed by atoms with Crippen LogP contribution in [0.15, 0.2) is 0 Å². The molecule has 0 aliphatic heterocycles. The van der Waals surface area contributed by atoms with E-state index < -0.39 is 15.4 Å². The van der Waals surface area contributed by atoms with Gasteiger partial charge < -0.3 is 9.66 Å². The Bertz CT molecular complexity index is 265. The Kier molecular flexibility index (Phi) is 12.8. The minimum absolute atomic E-state index is 0. The number of aliphatic hydroxyl groups is 1. The van der Waals surface area contributed by atoms with Gasteiger partial charge in [-0.1, -0.05) is 32.6 Å². The Labute approximate surface area is 127 Å². The molecule has 0 aliphatic carbocycles. The van der Waals surface area contributed by atoms with Gasteiger partial charge in [0.05, 0.1) is 16.2 Å². The van der Waals surface area contributed by atoms with Crippen LogP contribution in [-0.4, -0.2) is 29.4 Å². The van der Waals surface area contributed by atoms with E-state index in [0.29, 0.717) is 12.8 Å². The van der Waals surface area contributed by atoms with Crippen molar-refractivity contribution in [3.63, 3.8) is 0 Å². The van der Waals surface area contributed by atoms with Gasteiger partial charge >= 0.3 is 29.6 Å². The number of aliphatic hydroxyl groups excluding tert-OH is 1. The summed E-state index contributed by atoms with van der Waals surface area (Å²) < 4.78 is 32.7. The summed E-state index contributed by atoms with van der Waals surface area (Å²) >= 11 is 0. The first-order valence-electron chi connectivity index (χ1n) is 6.00. The third kappa shape index (κ3) is 11.7. The van der Waals surface area contributed by atoms with Crippen LogP contribution in [0, 0.1) is 0 Å². The Morgan fingerprint density at radius 2 is 1.65 bits per heavy atom. The zero-order chi connectivity index (χ0) is 12.6. The van der Waals surface area contributed by atoms with Crippen molar-refractivity contribution in [1.29, 1.82) is 0 Å². The predicted octanol–water partition coefficient (Wildman–Crippen LogP) is -0.964. The van der Waals surface area contributed by atoms with Crippen molar-refractivity contribution in [3.8, 4) is 0 Å².